The fraction of sp³-hybridized carbons (Fsp3) is 0.333. The molecule has 1 atom stereocenters. The molecule has 0 aliphatic heterocycles. The first-order chi connectivity index (χ1) is 3.30. The van der Waals surface area contributed by atoms with Crippen molar-refractivity contribution in [3.05, 3.63) is 22.7 Å². The first-order valence-corrected chi connectivity index (χ1v) is 3.40. The van der Waals surface area contributed by atoms with Crippen LogP contribution in [0.2, 0.25) is 0 Å². The minimum absolute atomic E-state index is 0. The molecule has 0 amide bonds. The molecule has 1 heterocycles. The van der Waals surface area contributed by atoms with Gasteiger partial charge in [0.15, 0.2) is 0 Å². The molecular weight excluding hydrogens is 148 g/mol. The van der Waals surface area contributed by atoms with Crippen LogP contribution in [0.5, 0.6) is 0 Å². The topological polar surface area (TPSA) is 0 Å². The molecule has 8 heavy (non-hydrogen) atoms. The summed E-state index contributed by atoms with van der Waals surface area (Å²) >= 11 is 0. The number of hydrogen-bond acceptors (Lipinski definition) is 0. The second-order valence-corrected chi connectivity index (χ2v) is 3.01. The average molecular weight is 158 g/mol. The van der Waals surface area contributed by atoms with Crippen molar-refractivity contribution in [2.24, 2.45) is 0 Å². The van der Waals surface area contributed by atoms with Gasteiger partial charge in [0.05, 0.1) is 0 Å². The van der Waals surface area contributed by atoms with Crippen LogP contribution in [0.25, 0.3) is 0 Å². The van der Waals surface area contributed by atoms with E-state index in [-0.39, 0.29) is 28.7 Å². The van der Waals surface area contributed by atoms with E-state index in [4.69, 9.17) is 0 Å². The molecule has 0 bridgehead atoms. The predicted octanol–water partition coefficient (Wildman–Crippen LogP) is 2.36. The number of hydrogen-bond donors (Lipinski definition) is 0. The molecule has 1 aromatic rings. The summed E-state index contributed by atoms with van der Waals surface area (Å²) in [6.45, 7) is 4.26. The fourth-order valence-electron chi connectivity index (χ4n) is 0.469. The van der Waals surface area contributed by atoms with Crippen molar-refractivity contribution in [2.75, 3.05) is 0 Å². The second-order valence-electron chi connectivity index (χ2n) is 1.68. The Hall–Kier alpha value is 0.650. The zero-order chi connectivity index (χ0) is 5.28. The van der Waals surface area contributed by atoms with Crippen molar-refractivity contribution < 1.29 is 28.7 Å². The summed E-state index contributed by atoms with van der Waals surface area (Å²) in [6.07, 6.45) is 0. The van der Waals surface area contributed by atoms with Crippen LogP contribution in [0.3, 0.4) is 0 Å². The van der Waals surface area contributed by atoms with Crippen LogP contribution >= 0.6 is 8.19 Å². The number of aryl methyl sites for hydroxylation is 2. The molecule has 0 radical (unpaired) electrons. The molecule has 0 aliphatic rings. The molecule has 0 nitrogen and oxygen atoms in total. The molecule has 0 fully saturated rings. The van der Waals surface area contributed by atoms with Crippen molar-refractivity contribution >= 4 is 8.19 Å². The zero-order valence-electron chi connectivity index (χ0n) is 7.15. The third-order valence-electron chi connectivity index (χ3n) is 1.14. The standard InChI is InChI=1S/C6H8P.Sc.2H/c1-5-3-4-7-6(5)2;;;/h4,7H,1-2H3;;;/q-1;+3;2*-1. The van der Waals surface area contributed by atoms with Crippen LogP contribution in [0, 0.1) is 19.9 Å². The summed E-state index contributed by atoms with van der Waals surface area (Å²) in [5.74, 6) is 2.10. The van der Waals surface area contributed by atoms with Crippen LogP contribution in [0.4, 0.5) is 0 Å². The molecule has 0 saturated heterocycles. The van der Waals surface area contributed by atoms with Gasteiger partial charge in [0, 0.05) is 0 Å². The van der Waals surface area contributed by atoms with E-state index in [0.717, 1.165) is 8.19 Å². The van der Waals surface area contributed by atoms with Gasteiger partial charge in [-0.25, -0.2) is 19.8 Å². The van der Waals surface area contributed by atoms with Crippen molar-refractivity contribution in [3.8, 4) is 0 Å². The van der Waals surface area contributed by atoms with Gasteiger partial charge in [-0.05, 0) is 0 Å². The molecule has 1 rings (SSSR count). The third-order valence-corrected chi connectivity index (χ3v) is 2.24. The summed E-state index contributed by atoms with van der Waals surface area (Å²) in [5, 5.41) is 1.49. The zero-order valence-corrected chi connectivity index (χ0v) is 7.96. The van der Waals surface area contributed by atoms with E-state index in [9.17, 15) is 0 Å². The monoisotopic (exact) mass is 158 g/mol. The largest absolute Gasteiger partial charge is 3.00 e. The molecule has 42 valence electrons. The normalized spacial score (nSPS) is 9.25. The van der Waals surface area contributed by atoms with Gasteiger partial charge < -0.3 is 2.85 Å². The molecule has 1 aromatic heterocycles. The average Bonchev–Trinajstić information content (AvgIpc) is 1.91. The summed E-state index contributed by atoms with van der Waals surface area (Å²) in [7, 11) is 0.906. The SMILES string of the molecule is Cc1[c-]c[pH]c1C.[H-].[H-].[Sc+3]. The molecule has 0 aromatic carbocycles. The van der Waals surface area contributed by atoms with Crippen LogP contribution in [-0.2, 0) is 25.8 Å². The Balaban J connectivity index is -0.000000163. The first-order valence-electron chi connectivity index (χ1n) is 2.33. The van der Waals surface area contributed by atoms with Crippen LogP contribution in [0.1, 0.15) is 13.7 Å². The maximum absolute atomic E-state index is 3.14. The maximum Gasteiger partial charge on any atom is 3.00 e. The Morgan fingerprint density at radius 3 is 2.38 bits per heavy atom. The van der Waals surface area contributed by atoms with Gasteiger partial charge >= 0.3 is 25.8 Å². The Morgan fingerprint density at radius 1 is 1.62 bits per heavy atom. The second kappa shape index (κ2) is 3.63. The van der Waals surface area contributed by atoms with Gasteiger partial charge in [-0.2, -0.15) is 11.1 Å². The molecular formula is C6H10PSc. The van der Waals surface area contributed by atoms with Gasteiger partial charge in [-0.1, -0.05) is 6.92 Å². The van der Waals surface area contributed by atoms with Crippen LogP contribution in [0.15, 0.2) is 5.80 Å². The molecule has 2 heteroatoms. The van der Waals surface area contributed by atoms with E-state index in [1.807, 2.05) is 0 Å². The van der Waals surface area contributed by atoms with Gasteiger partial charge in [0.1, 0.15) is 0 Å². The van der Waals surface area contributed by atoms with Crippen molar-refractivity contribution in [1.29, 1.82) is 0 Å². The first kappa shape index (κ1) is 8.65. The van der Waals surface area contributed by atoms with E-state index in [1.165, 1.54) is 10.9 Å². The smallest absolute Gasteiger partial charge is 1.00 e. The van der Waals surface area contributed by atoms with Gasteiger partial charge in [-0.3, -0.25) is 0 Å². The van der Waals surface area contributed by atoms with E-state index >= 15 is 0 Å². The minimum Gasteiger partial charge on any atom is -1.00 e. The predicted molar refractivity (Wildman–Crippen MR) is 36.5 cm³/mol. The van der Waals surface area contributed by atoms with Crippen molar-refractivity contribution in [2.45, 2.75) is 13.8 Å². The Morgan fingerprint density at radius 2 is 2.25 bits per heavy atom. The quantitative estimate of drug-likeness (QED) is 0.508. The maximum atomic E-state index is 3.14. The molecule has 0 N–H and O–H groups in total. The summed E-state index contributed by atoms with van der Waals surface area (Å²) < 4.78 is 0. The van der Waals surface area contributed by atoms with E-state index in [0.29, 0.717) is 0 Å². The molecule has 0 aliphatic carbocycles. The molecule has 0 saturated carbocycles. The van der Waals surface area contributed by atoms with Gasteiger partial charge in [0.2, 0.25) is 0 Å². The van der Waals surface area contributed by atoms with E-state index in [1.54, 1.807) is 0 Å². The Kier molecular flexibility index (Phi) is 3.93. The minimum atomic E-state index is 0. The van der Waals surface area contributed by atoms with E-state index < -0.39 is 0 Å². The summed E-state index contributed by atoms with van der Waals surface area (Å²) in [4.78, 5) is 0. The van der Waals surface area contributed by atoms with Gasteiger partial charge in [0.25, 0.3) is 0 Å². The molecule has 0 spiro atoms. The van der Waals surface area contributed by atoms with Crippen LogP contribution < -0.4 is 0 Å². The van der Waals surface area contributed by atoms with Crippen LogP contribution in [-0.4, -0.2) is 0 Å². The fourth-order valence-corrected chi connectivity index (χ4v) is 1.26. The molecule has 1 unspecified atom stereocenters. The van der Waals surface area contributed by atoms with Crippen molar-refractivity contribution in [1.82, 2.24) is 0 Å². The van der Waals surface area contributed by atoms with E-state index in [2.05, 4.69) is 25.7 Å². The summed E-state index contributed by atoms with van der Waals surface area (Å²) in [5.41, 5.74) is 1.33. The Bertz CT molecular complexity index is 148. The van der Waals surface area contributed by atoms with Crippen molar-refractivity contribution in [3.63, 3.8) is 0 Å². The Labute approximate surface area is 73.5 Å². The number of rotatable bonds is 0. The summed E-state index contributed by atoms with van der Waals surface area (Å²) in [6, 6.07) is 3.14. The van der Waals surface area contributed by atoms with Gasteiger partial charge in [-0.15, -0.1) is 6.92 Å². The third kappa shape index (κ3) is 1.87.